The number of nitrogens with two attached hydrogens (primary N) is 1. The molecule has 0 atom stereocenters. The van der Waals surface area contributed by atoms with Crippen molar-refractivity contribution in [3.63, 3.8) is 0 Å². The van der Waals surface area contributed by atoms with Crippen LogP contribution in [0.4, 0.5) is 8.78 Å². The van der Waals surface area contributed by atoms with Crippen molar-refractivity contribution in [2.75, 3.05) is 0 Å². The number of rotatable bonds is 3. The molecule has 1 nitrogen and oxygen atoms in total. The van der Waals surface area contributed by atoms with Crippen LogP contribution in [0.1, 0.15) is 19.8 Å². The lowest BCUT2D eigenvalue weighted by molar-refractivity contribution is 0.575. The molecule has 0 aliphatic rings. The monoisotopic (exact) mass is 147 g/mol. The molecular weight excluding hydrogens is 136 g/mol. The first kappa shape index (κ1) is 9.14. The van der Waals surface area contributed by atoms with Crippen molar-refractivity contribution < 1.29 is 8.78 Å². The van der Waals surface area contributed by atoms with Crippen molar-refractivity contribution in [2.45, 2.75) is 19.8 Å². The van der Waals surface area contributed by atoms with Crippen molar-refractivity contribution in [2.24, 2.45) is 5.73 Å². The lowest BCUT2D eigenvalue weighted by Crippen LogP contribution is -1.98. The fourth-order valence-corrected chi connectivity index (χ4v) is 0.443. The predicted octanol–water partition coefficient (Wildman–Crippen LogP) is 2.41. The van der Waals surface area contributed by atoms with Gasteiger partial charge in [0.1, 0.15) is 5.83 Å². The highest BCUT2D eigenvalue weighted by Crippen LogP contribution is 2.10. The molecule has 0 aliphatic carbocycles. The van der Waals surface area contributed by atoms with Gasteiger partial charge in [-0.15, -0.1) is 0 Å². The maximum absolute atomic E-state index is 12.1. The summed E-state index contributed by atoms with van der Waals surface area (Å²) >= 11 is 0. The Morgan fingerprint density at radius 1 is 1.40 bits per heavy atom. The second-order valence-electron chi connectivity index (χ2n) is 2.08. The van der Waals surface area contributed by atoms with Gasteiger partial charge in [-0.3, -0.25) is 0 Å². The van der Waals surface area contributed by atoms with Gasteiger partial charge in [-0.2, -0.15) is 0 Å². The average molecular weight is 147 g/mol. The zero-order valence-corrected chi connectivity index (χ0v) is 5.95. The van der Waals surface area contributed by atoms with Crippen LogP contribution >= 0.6 is 0 Å². The maximum Gasteiger partial charge on any atom is 0.115 e. The minimum Gasteiger partial charge on any atom is -0.400 e. The van der Waals surface area contributed by atoms with Gasteiger partial charge in [0, 0.05) is 12.1 Å². The minimum absolute atomic E-state index is 0.0961. The van der Waals surface area contributed by atoms with Crippen LogP contribution in [-0.2, 0) is 0 Å². The number of allylic oxidation sites excluding steroid dienone is 3. The van der Waals surface area contributed by atoms with Crippen LogP contribution in [-0.4, -0.2) is 0 Å². The fourth-order valence-electron chi connectivity index (χ4n) is 0.443. The smallest absolute Gasteiger partial charge is 0.115 e. The molecule has 2 N–H and O–H groups in total. The summed E-state index contributed by atoms with van der Waals surface area (Å²) in [4.78, 5) is 0. The van der Waals surface area contributed by atoms with Crippen molar-refractivity contribution >= 4 is 0 Å². The van der Waals surface area contributed by atoms with Crippen molar-refractivity contribution in [1.82, 2.24) is 0 Å². The summed E-state index contributed by atoms with van der Waals surface area (Å²) in [6.45, 7) is 4.27. The first-order chi connectivity index (χ1) is 4.54. The van der Waals surface area contributed by atoms with Crippen LogP contribution in [0.3, 0.4) is 0 Å². The van der Waals surface area contributed by atoms with Gasteiger partial charge in [-0.05, 0) is 13.3 Å². The van der Waals surface area contributed by atoms with E-state index in [0.717, 1.165) is 0 Å². The molecule has 0 fully saturated rings. The van der Waals surface area contributed by atoms with E-state index < -0.39 is 11.7 Å². The van der Waals surface area contributed by atoms with Gasteiger partial charge in [0.15, 0.2) is 0 Å². The average Bonchev–Trinajstić information content (AvgIpc) is 1.82. The molecule has 0 bridgehead atoms. The normalized spacial score (nSPS) is 12.7. The highest BCUT2D eigenvalue weighted by Gasteiger charge is 1.97. The zero-order chi connectivity index (χ0) is 8.15. The third-order valence-corrected chi connectivity index (χ3v) is 1.11. The summed E-state index contributed by atoms with van der Waals surface area (Å²) in [7, 11) is 0. The summed E-state index contributed by atoms with van der Waals surface area (Å²) in [6, 6.07) is 0. The van der Waals surface area contributed by atoms with Crippen molar-refractivity contribution in [1.29, 1.82) is 0 Å². The van der Waals surface area contributed by atoms with Crippen LogP contribution in [0.2, 0.25) is 0 Å². The first-order valence-corrected chi connectivity index (χ1v) is 2.98. The van der Waals surface area contributed by atoms with Gasteiger partial charge < -0.3 is 5.73 Å². The standard InChI is InChI=1S/C7H11F2N/c1-5(8)3-4-7(10)6(2)9/h1,3-4,10H2,2H3/b7-6-. The summed E-state index contributed by atoms with van der Waals surface area (Å²) in [6.07, 6.45) is 0.310. The van der Waals surface area contributed by atoms with Crippen LogP contribution in [0.5, 0.6) is 0 Å². The van der Waals surface area contributed by atoms with Crippen molar-refractivity contribution in [3.8, 4) is 0 Å². The van der Waals surface area contributed by atoms with E-state index in [9.17, 15) is 8.78 Å². The summed E-state index contributed by atoms with van der Waals surface area (Å²) < 4.78 is 24.1. The van der Waals surface area contributed by atoms with Crippen LogP contribution in [0.15, 0.2) is 23.9 Å². The van der Waals surface area contributed by atoms with Gasteiger partial charge >= 0.3 is 0 Å². The lowest BCUT2D eigenvalue weighted by Gasteiger charge is -1.98. The topological polar surface area (TPSA) is 26.0 Å². The molecule has 58 valence electrons. The molecule has 0 spiro atoms. The Kier molecular flexibility index (Phi) is 3.69. The summed E-state index contributed by atoms with van der Waals surface area (Å²) in [5.41, 5.74) is 5.26. The zero-order valence-electron chi connectivity index (χ0n) is 5.95. The molecule has 0 aliphatic heterocycles. The number of hydrogen-bond acceptors (Lipinski definition) is 1. The number of hydrogen-bond donors (Lipinski definition) is 1. The van der Waals surface area contributed by atoms with Gasteiger partial charge in [0.2, 0.25) is 0 Å². The molecule has 0 amide bonds. The third-order valence-electron chi connectivity index (χ3n) is 1.11. The molecule has 0 aromatic rings. The van der Waals surface area contributed by atoms with Crippen LogP contribution in [0.25, 0.3) is 0 Å². The Balaban J connectivity index is 3.71. The molecular formula is C7H11F2N. The first-order valence-electron chi connectivity index (χ1n) is 2.98. The van der Waals surface area contributed by atoms with E-state index in [1.165, 1.54) is 6.92 Å². The number of halogens is 2. The summed E-state index contributed by atoms with van der Waals surface area (Å²) in [5.74, 6) is -0.912. The lowest BCUT2D eigenvalue weighted by atomic mass is 10.2. The molecule has 0 aromatic carbocycles. The van der Waals surface area contributed by atoms with E-state index in [-0.39, 0.29) is 18.5 Å². The van der Waals surface area contributed by atoms with E-state index in [2.05, 4.69) is 6.58 Å². The molecule has 0 heterocycles. The second-order valence-corrected chi connectivity index (χ2v) is 2.08. The fraction of sp³-hybridized carbons (Fsp3) is 0.429. The largest absolute Gasteiger partial charge is 0.400 e. The van der Waals surface area contributed by atoms with Crippen LogP contribution in [0, 0.1) is 0 Å². The molecule has 0 unspecified atom stereocenters. The molecule has 0 aromatic heterocycles. The molecule has 0 saturated heterocycles. The molecule has 0 rings (SSSR count). The Hall–Kier alpha value is -0.860. The quantitative estimate of drug-likeness (QED) is 0.651. The van der Waals surface area contributed by atoms with E-state index in [1.807, 2.05) is 0 Å². The second kappa shape index (κ2) is 4.04. The van der Waals surface area contributed by atoms with Gasteiger partial charge in [-0.25, -0.2) is 8.78 Å². The molecule has 0 radical (unpaired) electrons. The minimum atomic E-state index is -0.468. The van der Waals surface area contributed by atoms with Gasteiger partial charge in [0.05, 0.1) is 5.83 Å². The van der Waals surface area contributed by atoms with Gasteiger partial charge in [0.25, 0.3) is 0 Å². The van der Waals surface area contributed by atoms with Crippen LogP contribution < -0.4 is 5.73 Å². The molecule has 0 saturated carbocycles. The maximum atomic E-state index is 12.1. The highest BCUT2D eigenvalue weighted by molar-refractivity contribution is 5.02. The van der Waals surface area contributed by atoms with Gasteiger partial charge in [-0.1, -0.05) is 6.58 Å². The van der Waals surface area contributed by atoms with E-state index in [0.29, 0.717) is 0 Å². The Morgan fingerprint density at radius 2 is 1.90 bits per heavy atom. The Labute approximate surface area is 59.2 Å². The van der Waals surface area contributed by atoms with E-state index in [4.69, 9.17) is 5.73 Å². The van der Waals surface area contributed by atoms with E-state index >= 15 is 0 Å². The van der Waals surface area contributed by atoms with E-state index in [1.54, 1.807) is 0 Å². The highest BCUT2D eigenvalue weighted by atomic mass is 19.1. The molecule has 3 heteroatoms. The summed E-state index contributed by atoms with van der Waals surface area (Å²) in [5, 5.41) is 0. The Morgan fingerprint density at radius 3 is 2.20 bits per heavy atom. The Bertz CT molecular complexity index is 157. The predicted molar refractivity (Wildman–Crippen MR) is 37.5 cm³/mol. The van der Waals surface area contributed by atoms with Crippen molar-refractivity contribution in [3.05, 3.63) is 23.9 Å². The SMILES string of the molecule is C=C(F)CC/C(N)=C(\C)F. The molecule has 10 heavy (non-hydrogen) atoms. The third kappa shape index (κ3) is 4.06.